The Bertz CT molecular complexity index is 1210. The van der Waals surface area contributed by atoms with E-state index < -0.39 is 5.82 Å². The second-order valence-electron chi connectivity index (χ2n) is 6.04. The molecule has 0 bridgehead atoms. The third-order valence-electron chi connectivity index (χ3n) is 4.09. The second-order valence-corrected chi connectivity index (χ2v) is 7.30. The number of anilines is 1. The molecule has 0 spiro atoms. The molecule has 0 saturated heterocycles. The van der Waals surface area contributed by atoms with Crippen molar-refractivity contribution in [3.63, 3.8) is 0 Å². The van der Waals surface area contributed by atoms with E-state index in [1.54, 1.807) is 24.5 Å². The highest BCUT2D eigenvalue weighted by atomic mass is 79.9. The summed E-state index contributed by atoms with van der Waals surface area (Å²) < 4.78 is 21.0. The Kier molecular flexibility index (Phi) is 5.46. The minimum Gasteiger partial charge on any atom is -0.471 e. The Morgan fingerprint density at radius 2 is 2.10 bits per heavy atom. The maximum absolute atomic E-state index is 13.2. The summed E-state index contributed by atoms with van der Waals surface area (Å²) in [5.74, 6) is -0.500. The predicted molar refractivity (Wildman–Crippen MR) is 112 cm³/mol. The number of fused-ring (bicyclic) bond motifs is 1. The molecule has 0 radical (unpaired) electrons. The van der Waals surface area contributed by atoms with Crippen LogP contribution in [0.2, 0.25) is 5.02 Å². The molecular formula is C20H13BrClFN4O2. The van der Waals surface area contributed by atoms with Gasteiger partial charge in [0.1, 0.15) is 11.6 Å². The van der Waals surface area contributed by atoms with Gasteiger partial charge in [0.2, 0.25) is 0 Å². The Morgan fingerprint density at radius 3 is 2.93 bits per heavy atom. The summed E-state index contributed by atoms with van der Waals surface area (Å²) in [7, 11) is 0. The van der Waals surface area contributed by atoms with Crippen LogP contribution in [0, 0.1) is 5.82 Å². The van der Waals surface area contributed by atoms with E-state index in [0.29, 0.717) is 17.0 Å². The van der Waals surface area contributed by atoms with E-state index in [4.69, 9.17) is 16.3 Å². The number of pyridine rings is 1. The standard InChI is InChI=1S/C20H13BrClFN4O2/c21-14-4-6-17(19-13(14)2-1-8-24-19)25-20(28)18-7-9-27(26-18)11-29-12-3-5-16(23)15(22)10-12/h1-10H,11H2,(H,25,28). The summed E-state index contributed by atoms with van der Waals surface area (Å²) in [6, 6.07) is 13.0. The smallest absolute Gasteiger partial charge is 0.276 e. The Labute approximate surface area is 178 Å². The molecule has 9 heteroatoms. The number of halogens is 3. The van der Waals surface area contributed by atoms with Gasteiger partial charge in [-0.3, -0.25) is 9.78 Å². The molecule has 1 amide bonds. The van der Waals surface area contributed by atoms with E-state index in [9.17, 15) is 9.18 Å². The number of nitrogens with zero attached hydrogens (tertiary/aromatic N) is 3. The van der Waals surface area contributed by atoms with E-state index in [1.807, 2.05) is 18.2 Å². The Hall–Kier alpha value is -2.97. The van der Waals surface area contributed by atoms with Crippen LogP contribution in [0.5, 0.6) is 5.75 Å². The molecule has 2 aromatic carbocycles. The first-order chi connectivity index (χ1) is 14.0. The van der Waals surface area contributed by atoms with Crippen LogP contribution in [0.3, 0.4) is 0 Å². The van der Waals surface area contributed by atoms with Gasteiger partial charge in [0, 0.05) is 28.3 Å². The van der Waals surface area contributed by atoms with Gasteiger partial charge in [0.25, 0.3) is 5.91 Å². The number of rotatable bonds is 5. The van der Waals surface area contributed by atoms with Crippen LogP contribution >= 0.6 is 27.5 Å². The van der Waals surface area contributed by atoms with Crippen molar-refractivity contribution < 1.29 is 13.9 Å². The number of benzene rings is 2. The highest BCUT2D eigenvalue weighted by Gasteiger charge is 2.13. The molecule has 0 fully saturated rings. The minimum absolute atomic E-state index is 0.0293. The van der Waals surface area contributed by atoms with Crippen molar-refractivity contribution in [3.05, 3.63) is 81.9 Å². The minimum atomic E-state index is -0.521. The summed E-state index contributed by atoms with van der Waals surface area (Å²) in [5.41, 5.74) is 1.48. The molecule has 4 rings (SSSR count). The van der Waals surface area contributed by atoms with Crippen LogP contribution in [0.4, 0.5) is 10.1 Å². The zero-order valence-electron chi connectivity index (χ0n) is 14.8. The number of hydrogen-bond donors (Lipinski definition) is 1. The van der Waals surface area contributed by atoms with Gasteiger partial charge in [-0.2, -0.15) is 5.10 Å². The van der Waals surface area contributed by atoms with Crippen LogP contribution < -0.4 is 10.1 Å². The molecule has 0 atom stereocenters. The van der Waals surface area contributed by atoms with Gasteiger partial charge in [0.05, 0.1) is 16.2 Å². The molecule has 2 heterocycles. The molecule has 0 aliphatic carbocycles. The summed E-state index contributed by atoms with van der Waals surface area (Å²) in [6.45, 7) is 0.0397. The molecule has 2 aromatic heterocycles. The average Bonchev–Trinajstić information content (AvgIpc) is 3.20. The number of carbonyl (C=O) groups excluding carboxylic acids is 1. The van der Waals surface area contributed by atoms with E-state index >= 15 is 0 Å². The van der Waals surface area contributed by atoms with E-state index in [0.717, 1.165) is 9.86 Å². The maximum Gasteiger partial charge on any atom is 0.276 e. The number of carbonyl (C=O) groups is 1. The maximum atomic E-state index is 13.2. The third kappa shape index (κ3) is 4.23. The van der Waals surface area contributed by atoms with Gasteiger partial charge in [0.15, 0.2) is 12.4 Å². The largest absolute Gasteiger partial charge is 0.471 e. The van der Waals surface area contributed by atoms with Gasteiger partial charge in [-0.25, -0.2) is 9.07 Å². The molecule has 6 nitrogen and oxygen atoms in total. The van der Waals surface area contributed by atoms with Crippen LogP contribution in [0.25, 0.3) is 10.9 Å². The average molecular weight is 476 g/mol. The van der Waals surface area contributed by atoms with Gasteiger partial charge >= 0.3 is 0 Å². The number of amides is 1. The van der Waals surface area contributed by atoms with Crippen LogP contribution in [0.1, 0.15) is 10.5 Å². The summed E-state index contributed by atoms with van der Waals surface area (Å²) in [4.78, 5) is 16.9. The first-order valence-electron chi connectivity index (χ1n) is 8.47. The molecule has 29 heavy (non-hydrogen) atoms. The molecule has 146 valence electrons. The summed E-state index contributed by atoms with van der Waals surface area (Å²) in [6.07, 6.45) is 3.27. The van der Waals surface area contributed by atoms with E-state index in [1.165, 1.54) is 22.9 Å². The lowest BCUT2D eigenvalue weighted by molar-refractivity contribution is 0.102. The van der Waals surface area contributed by atoms with Crippen molar-refractivity contribution in [1.82, 2.24) is 14.8 Å². The first kappa shape index (κ1) is 19.4. The van der Waals surface area contributed by atoms with Crippen LogP contribution in [0.15, 0.2) is 65.4 Å². The van der Waals surface area contributed by atoms with Crippen molar-refractivity contribution in [2.75, 3.05) is 5.32 Å². The van der Waals surface area contributed by atoms with Crippen molar-refractivity contribution in [2.24, 2.45) is 0 Å². The van der Waals surface area contributed by atoms with Gasteiger partial charge in [-0.05, 0) is 36.4 Å². The van der Waals surface area contributed by atoms with E-state index in [2.05, 4.69) is 31.3 Å². The molecule has 0 aliphatic rings. The molecular weight excluding hydrogens is 463 g/mol. The molecule has 1 N–H and O–H groups in total. The SMILES string of the molecule is O=C(Nc1ccc(Br)c2cccnc12)c1ccn(COc2ccc(F)c(Cl)c2)n1. The fraction of sp³-hybridized carbons (Fsp3) is 0.0500. The van der Waals surface area contributed by atoms with Crippen molar-refractivity contribution in [3.8, 4) is 5.75 Å². The predicted octanol–water partition coefficient (Wildman–Crippen LogP) is 5.28. The number of ether oxygens (including phenoxy) is 1. The number of hydrogen-bond acceptors (Lipinski definition) is 4. The quantitative estimate of drug-likeness (QED) is 0.427. The third-order valence-corrected chi connectivity index (χ3v) is 5.07. The number of nitrogens with one attached hydrogen (secondary N) is 1. The van der Waals surface area contributed by atoms with Crippen molar-refractivity contribution in [2.45, 2.75) is 6.73 Å². The molecule has 0 aliphatic heterocycles. The topological polar surface area (TPSA) is 69.0 Å². The highest BCUT2D eigenvalue weighted by molar-refractivity contribution is 9.10. The fourth-order valence-electron chi connectivity index (χ4n) is 2.69. The summed E-state index contributed by atoms with van der Waals surface area (Å²) >= 11 is 9.21. The lowest BCUT2D eigenvalue weighted by Crippen LogP contribution is -2.14. The zero-order valence-corrected chi connectivity index (χ0v) is 17.1. The van der Waals surface area contributed by atoms with Crippen LogP contribution in [-0.4, -0.2) is 20.7 Å². The highest BCUT2D eigenvalue weighted by Crippen LogP contribution is 2.28. The molecule has 0 unspecified atom stereocenters. The molecule has 0 saturated carbocycles. The number of aromatic nitrogens is 3. The lowest BCUT2D eigenvalue weighted by atomic mass is 10.2. The fourth-order valence-corrected chi connectivity index (χ4v) is 3.31. The van der Waals surface area contributed by atoms with Crippen molar-refractivity contribution in [1.29, 1.82) is 0 Å². The van der Waals surface area contributed by atoms with Gasteiger partial charge in [-0.1, -0.05) is 33.6 Å². The normalized spacial score (nSPS) is 10.9. The Morgan fingerprint density at radius 1 is 1.24 bits per heavy atom. The van der Waals surface area contributed by atoms with Gasteiger partial charge < -0.3 is 10.1 Å². The monoisotopic (exact) mass is 474 g/mol. The summed E-state index contributed by atoms with van der Waals surface area (Å²) in [5, 5.41) is 7.89. The van der Waals surface area contributed by atoms with Crippen LogP contribution in [-0.2, 0) is 6.73 Å². The molecule has 4 aromatic rings. The van der Waals surface area contributed by atoms with Crippen molar-refractivity contribution >= 4 is 50.0 Å². The second kappa shape index (κ2) is 8.18. The first-order valence-corrected chi connectivity index (χ1v) is 9.64. The Balaban J connectivity index is 1.46. The van der Waals surface area contributed by atoms with Gasteiger partial charge in [-0.15, -0.1) is 0 Å². The lowest BCUT2D eigenvalue weighted by Gasteiger charge is -2.08. The zero-order chi connectivity index (χ0) is 20.4. The van der Waals surface area contributed by atoms with E-state index in [-0.39, 0.29) is 23.4 Å².